The lowest BCUT2D eigenvalue weighted by atomic mass is 10.1. The lowest BCUT2D eigenvalue weighted by Crippen LogP contribution is -2.35. The van der Waals surface area contributed by atoms with Gasteiger partial charge in [0.2, 0.25) is 0 Å². The molecule has 0 amide bonds. The highest BCUT2D eigenvalue weighted by atomic mass is 16.6. The van der Waals surface area contributed by atoms with Crippen LogP contribution in [0.15, 0.2) is 88.2 Å². The summed E-state index contributed by atoms with van der Waals surface area (Å²) in [6, 6.07) is 6.07. The maximum Gasteiger partial charge on any atom is 0.351 e. The van der Waals surface area contributed by atoms with Crippen molar-refractivity contribution in [2.75, 3.05) is 79.8 Å². The quantitative estimate of drug-likeness (QED) is 0.0199. The number of aliphatic imine (C=N–C) groups is 4. The molecule has 4 fully saturated rings. The average molecular weight is 1360 g/mol. The number of ether oxygens (including phenoxy) is 4. The molecule has 0 saturated carbocycles. The zero-order chi connectivity index (χ0) is 70.8. The number of aliphatic hydroxyl groups is 12. The highest BCUT2D eigenvalue weighted by Crippen LogP contribution is 2.32. The Morgan fingerprint density at radius 2 is 0.635 bits per heavy atom. The van der Waals surface area contributed by atoms with Crippen molar-refractivity contribution in [3.05, 3.63) is 91.0 Å². The number of hydrogen-bond acceptors (Lipinski definition) is 28. The van der Waals surface area contributed by atoms with Crippen molar-refractivity contribution in [2.45, 2.75) is 178 Å². The highest BCUT2D eigenvalue weighted by molar-refractivity contribution is 5.61. The van der Waals surface area contributed by atoms with Crippen molar-refractivity contribution in [2.24, 2.45) is 20.0 Å². The molecule has 0 aliphatic carbocycles. The van der Waals surface area contributed by atoms with E-state index < -0.39 is 147 Å². The summed E-state index contributed by atoms with van der Waals surface area (Å²) in [5.41, 5.74) is -2.62. The van der Waals surface area contributed by atoms with Gasteiger partial charge in [-0.25, -0.2) is 39.1 Å². The van der Waals surface area contributed by atoms with Crippen molar-refractivity contribution >= 4 is 48.6 Å². The van der Waals surface area contributed by atoms with Gasteiger partial charge >= 0.3 is 22.8 Å². The first-order chi connectivity index (χ1) is 46.0. The molecule has 96 heavy (non-hydrogen) atoms. The summed E-state index contributed by atoms with van der Waals surface area (Å²) in [6.45, 7) is 15.7. The molecule has 0 radical (unpaired) electrons. The van der Waals surface area contributed by atoms with E-state index in [2.05, 4.69) is 77.4 Å². The number of aliphatic hydroxyl groups excluding tert-OH is 12. The van der Waals surface area contributed by atoms with Crippen LogP contribution in [0.1, 0.15) is 105 Å². The van der Waals surface area contributed by atoms with Gasteiger partial charge in [0.15, 0.2) is 48.2 Å². The minimum Gasteiger partial charge on any atom is -0.394 e. The van der Waals surface area contributed by atoms with Crippen LogP contribution < -0.4 is 22.8 Å². The minimum atomic E-state index is -1.32. The van der Waals surface area contributed by atoms with E-state index in [1.54, 1.807) is 44.1 Å². The zero-order valence-corrected chi connectivity index (χ0v) is 55.3. The normalized spacial score (nSPS) is 27.0. The molecule has 4 aromatic heterocycles. The van der Waals surface area contributed by atoms with E-state index in [-0.39, 0.29) is 23.3 Å². The van der Waals surface area contributed by atoms with Gasteiger partial charge in [-0.15, -0.1) is 0 Å². The van der Waals surface area contributed by atoms with Crippen molar-refractivity contribution in [1.82, 2.24) is 57.8 Å². The second kappa shape index (κ2) is 39.8. The number of unbranched alkanes of at least 4 members (excludes halogenated alkanes) is 2. The summed E-state index contributed by atoms with van der Waals surface area (Å²) in [5.74, 6) is 0.979. The van der Waals surface area contributed by atoms with Crippen LogP contribution in [0.5, 0.6) is 0 Å². The Bertz CT molecular complexity index is 3320. The van der Waals surface area contributed by atoms with Gasteiger partial charge in [0.25, 0.3) is 0 Å². The van der Waals surface area contributed by atoms with Gasteiger partial charge < -0.3 is 99.8 Å². The van der Waals surface area contributed by atoms with Crippen molar-refractivity contribution < 1.29 is 80.2 Å². The van der Waals surface area contributed by atoms with Crippen LogP contribution in [0.4, 0.5) is 23.3 Å². The Hall–Kier alpha value is -7.24. The van der Waals surface area contributed by atoms with Gasteiger partial charge in [0.05, 0.1) is 51.8 Å². The lowest BCUT2D eigenvalue weighted by Gasteiger charge is -2.19. The Morgan fingerprint density at radius 1 is 0.385 bits per heavy atom. The molecule has 0 bridgehead atoms. The summed E-state index contributed by atoms with van der Waals surface area (Å²) in [7, 11) is 3.56. The molecule has 536 valence electrons. The maximum absolute atomic E-state index is 12.3. The first kappa shape index (κ1) is 79.4. The van der Waals surface area contributed by atoms with Crippen LogP contribution in [0, 0.1) is 0 Å². The smallest absolute Gasteiger partial charge is 0.351 e. The van der Waals surface area contributed by atoms with Crippen molar-refractivity contribution in [3.8, 4) is 0 Å². The van der Waals surface area contributed by atoms with Crippen LogP contribution in [0.2, 0.25) is 0 Å². The molecule has 4 saturated heterocycles. The fourth-order valence-electron chi connectivity index (χ4n) is 9.85. The van der Waals surface area contributed by atoms with E-state index >= 15 is 0 Å². The summed E-state index contributed by atoms with van der Waals surface area (Å²) >= 11 is 0. The van der Waals surface area contributed by atoms with E-state index in [1.165, 1.54) is 49.3 Å². The molecule has 12 N–H and O–H groups in total. The molecule has 4 aliphatic rings. The number of nitrogens with zero attached hydrogens (tertiary/aromatic N) is 16. The number of hydrogen-bond donors (Lipinski definition) is 12. The van der Waals surface area contributed by atoms with Gasteiger partial charge in [0.1, 0.15) is 73.2 Å². The van der Waals surface area contributed by atoms with Gasteiger partial charge in [-0.05, 0) is 63.8 Å². The summed E-state index contributed by atoms with van der Waals surface area (Å²) in [5, 5.41) is 115. The monoisotopic (exact) mass is 1360 g/mol. The van der Waals surface area contributed by atoms with E-state index in [4.69, 9.17) is 39.4 Å². The zero-order valence-electron chi connectivity index (χ0n) is 55.3. The molecule has 8 rings (SSSR count). The minimum absolute atomic E-state index is 0.219. The maximum atomic E-state index is 12.3. The summed E-state index contributed by atoms with van der Waals surface area (Å²) in [6.07, 6.45) is -0.120. The van der Waals surface area contributed by atoms with Crippen LogP contribution >= 0.6 is 0 Å². The molecular formula is C60H96N16O20. The second-order valence-electron chi connectivity index (χ2n) is 22.8. The SMILES string of the molecule is CCCCN(C=Nc1ccn([C@@H]2O[C@H](CO)[C@H](O)C2O)c(=O)n1)CCCC.CCCN(C=Nc1ccn([C@@H]2O[C@H](CO)[C@H](O)C2O)c(=O)n1)CCC.CCN(C=Nc1ccn([C@@H]2O[C@H](CO)[C@H](O)C2O)c(=O)n1)CC.CN(C)C=Nc1ccn([C@@H]2O[C@H](CO)[C@H](O)C2O)c(=O)n1. The lowest BCUT2D eigenvalue weighted by molar-refractivity contribution is -0.0549. The Labute approximate surface area is 554 Å². The molecular weight excluding hydrogens is 1260 g/mol. The summed E-state index contributed by atoms with van der Waals surface area (Å²) < 4.78 is 25.5. The predicted molar refractivity (Wildman–Crippen MR) is 349 cm³/mol. The molecule has 36 nitrogen and oxygen atoms in total. The van der Waals surface area contributed by atoms with Gasteiger partial charge in [-0.2, -0.15) is 19.9 Å². The van der Waals surface area contributed by atoms with Gasteiger partial charge in [0, 0.05) is 78.2 Å². The van der Waals surface area contributed by atoms with Gasteiger partial charge in [-0.3, -0.25) is 18.3 Å². The van der Waals surface area contributed by atoms with Crippen LogP contribution in [0.25, 0.3) is 0 Å². The molecule has 4 aromatic rings. The molecule has 0 spiro atoms. The standard InChI is InChI=1S/C18H30N4O5.C16H26N4O5.C14H22N4O5.C12H18N4O5/c1-3-5-8-21(9-6-4-2)12-19-14-7-10-22(18(26)20-14)17-16(25)15(24)13(11-23)27-17;1-3-6-19(7-4-2)10-17-12-5-8-20(16(24)18-12)15-14(23)13(22)11(9-21)25-15;1-3-17(4-2)8-15-10-5-6-18(14(22)16-10)13-12(21)11(20)9(7-19)23-13;1-15(2)6-13-8-3-4-16(12(20)14-8)11-10(19)9(18)7(5-17)21-11/h7,10,12-13,15-17,23-25H,3-6,8-9,11H2,1-2H3;5,8,10-11,13-15,21-23H,3-4,6-7,9H2,1-2H3;5-6,8-9,11-13,19-21H,3-4,7H2,1-2H3;3-4,6-7,9-11,17-19H,5H2,1-2H3/t13-,15+,16?,17-;11-,13+,14?,15-;9-,11+,12?,13-;7-,9+,10?,11-/m1111/s1. The number of aromatic nitrogens is 8. The van der Waals surface area contributed by atoms with Crippen molar-refractivity contribution in [1.29, 1.82) is 0 Å². The molecule has 16 atom stereocenters. The molecule has 4 unspecified atom stereocenters. The Morgan fingerprint density at radius 3 is 0.844 bits per heavy atom. The third-order valence-corrected chi connectivity index (χ3v) is 15.3. The molecule has 4 aliphatic heterocycles. The fourth-order valence-corrected chi connectivity index (χ4v) is 9.85. The highest BCUT2D eigenvalue weighted by Gasteiger charge is 2.47. The fraction of sp³-hybridized carbons (Fsp3) is 0.667. The molecule has 0 aromatic carbocycles. The van der Waals surface area contributed by atoms with E-state index in [0.717, 1.165) is 96.1 Å². The largest absolute Gasteiger partial charge is 0.394 e. The van der Waals surface area contributed by atoms with Crippen LogP contribution in [-0.2, 0) is 18.9 Å². The Kier molecular flexibility index (Phi) is 33.0. The second-order valence-corrected chi connectivity index (χ2v) is 22.8. The first-order valence-corrected chi connectivity index (χ1v) is 31.9. The third kappa shape index (κ3) is 21.9. The average Bonchev–Trinajstić information content (AvgIpc) is 1.67. The van der Waals surface area contributed by atoms with Gasteiger partial charge in [-0.1, -0.05) is 40.5 Å². The Balaban J connectivity index is 0.000000232. The van der Waals surface area contributed by atoms with E-state index in [9.17, 15) is 60.0 Å². The van der Waals surface area contributed by atoms with E-state index in [0.29, 0.717) is 0 Å². The first-order valence-electron chi connectivity index (χ1n) is 31.9. The van der Waals surface area contributed by atoms with Crippen LogP contribution in [-0.4, -0.2) is 297 Å². The van der Waals surface area contributed by atoms with Crippen molar-refractivity contribution in [3.63, 3.8) is 0 Å². The third-order valence-electron chi connectivity index (χ3n) is 15.3. The van der Waals surface area contributed by atoms with E-state index in [1.807, 2.05) is 18.7 Å². The topological polar surface area (TPSA) is 482 Å². The predicted octanol–water partition coefficient (Wildman–Crippen LogP) is -3.01. The van der Waals surface area contributed by atoms with Crippen LogP contribution in [0.3, 0.4) is 0 Å². The molecule has 8 heterocycles. The number of rotatable bonds is 28. The molecule has 36 heteroatoms. The summed E-state index contributed by atoms with van der Waals surface area (Å²) in [4.78, 5) is 88.3.